The van der Waals surface area contributed by atoms with E-state index in [2.05, 4.69) is 4.74 Å². The number of esters is 2. The van der Waals surface area contributed by atoms with Crippen LogP contribution in [-0.4, -0.2) is 56.3 Å². The fourth-order valence-electron chi connectivity index (χ4n) is 1.37. The predicted molar refractivity (Wildman–Crippen MR) is 66.5 cm³/mol. The van der Waals surface area contributed by atoms with Crippen molar-refractivity contribution in [2.45, 2.75) is 26.7 Å². The highest BCUT2D eigenvalue weighted by Gasteiger charge is 2.18. The van der Waals surface area contributed by atoms with Crippen molar-refractivity contribution in [2.75, 3.05) is 33.4 Å². The molecule has 0 aromatic carbocycles. The summed E-state index contributed by atoms with van der Waals surface area (Å²) in [6, 6.07) is 0. The third kappa shape index (κ3) is 8.01. The molecule has 0 N–H and O–H groups in total. The zero-order valence-corrected chi connectivity index (χ0v) is 11.6. The topological polar surface area (TPSA) is 82.1 Å². The van der Waals surface area contributed by atoms with Crippen molar-refractivity contribution in [3.63, 3.8) is 0 Å². The number of amides is 1. The molecule has 0 fully saturated rings. The molecule has 0 unspecified atom stereocenters. The molecule has 0 atom stereocenters. The van der Waals surface area contributed by atoms with E-state index in [-0.39, 0.29) is 32.1 Å². The minimum atomic E-state index is -0.628. The molecular formula is C12H21NO6. The fraction of sp³-hybridized carbons (Fsp3) is 0.750. The van der Waals surface area contributed by atoms with Crippen LogP contribution in [0.15, 0.2) is 0 Å². The minimum absolute atomic E-state index is 0.185. The first-order chi connectivity index (χ1) is 9.04. The average molecular weight is 275 g/mol. The van der Waals surface area contributed by atoms with Gasteiger partial charge in [0.25, 0.3) is 0 Å². The summed E-state index contributed by atoms with van der Waals surface area (Å²) in [5.74, 6) is -0.840. The fourth-order valence-corrected chi connectivity index (χ4v) is 1.37. The highest BCUT2D eigenvalue weighted by molar-refractivity contribution is 5.78. The summed E-state index contributed by atoms with van der Waals surface area (Å²) in [6.07, 6.45) is -0.0470. The van der Waals surface area contributed by atoms with Gasteiger partial charge in [-0.15, -0.1) is 0 Å². The van der Waals surface area contributed by atoms with E-state index in [9.17, 15) is 14.4 Å². The molecule has 0 saturated carbocycles. The average Bonchev–Trinajstić information content (AvgIpc) is 2.37. The van der Waals surface area contributed by atoms with Crippen LogP contribution in [-0.2, 0) is 23.8 Å². The van der Waals surface area contributed by atoms with Crippen molar-refractivity contribution < 1.29 is 28.6 Å². The second-order valence-corrected chi connectivity index (χ2v) is 3.61. The summed E-state index contributed by atoms with van der Waals surface area (Å²) in [7, 11) is 1.23. The third-order valence-corrected chi connectivity index (χ3v) is 2.17. The number of methoxy groups -OCH3 is 1. The van der Waals surface area contributed by atoms with E-state index in [4.69, 9.17) is 9.47 Å². The van der Waals surface area contributed by atoms with Crippen LogP contribution in [0.1, 0.15) is 26.7 Å². The molecule has 0 heterocycles. The normalized spacial score (nSPS) is 9.63. The molecule has 0 aromatic heterocycles. The van der Waals surface area contributed by atoms with Crippen LogP contribution in [0.5, 0.6) is 0 Å². The van der Waals surface area contributed by atoms with E-state index in [0.29, 0.717) is 13.0 Å². The molecule has 0 aromatic rings. The van der Waals surface area contributed by atoms with Gasteiger partial charge in [-0.1, -0.05) is 0 Å². The Morgan fingerprint density at radius 1 is 1.00 bits per heavy atom. The van der Waals surface area contributed by atoms with Crippen LogP contribution in [0.4, 0.5) is 4.79 Å². The lowest BCUT2D eigenvalue weighted by Crippen LogP contribution is -2.37. The second-order valence-electron chi connectivity index (χ2n) is 3.61. The highest BCUT2D eigenvalue weighted by atomic mass is 16.6. The van der Waals surface area contributed by atoms with Crippen LogP contribution < -0.4 is 0 Å². The van der Waals surface area contributed by atoms with Gasteiger partial charge in [-0.05, 0) is 20.3 Å². The van der Waals surface area contributed by atoms with Crippen molar-refractivity contribution in [3.05, 3.63) is 0 Å². The minimum Gasteiger partial charge on any atom is -0.466 e. The quantitative estimate of drug-likeness (QED) is 0.485. The molecule has 7 heteroatoms. The second kappa shape index (κ2) is 10.2. The molecule has 0 bridgehead atoms. The summed E-state index contributed by atoms with van der Waals surface area (Å²) in [5, 5.41) is 0. The Bertz CT molecular complexity index is 305. The summed E-state index contributed by atoms with van der Waals surface area (Å²) < 4.78 is 14.1. The SMILES string of the molecule is CCOC(=O)CCCN(CC(=O)OCC)C(=O)OC. The lowest BCUT2D eigenvalue weighted by molar-refractivity contribution is -0.144. The van der Waals surface area contributed by atoms with Gasteiger partial charge in [0.1, 0.15) is 6.54 Å². The summed E-state index contributed by atoms with van der Waals surface area (Å²) >= 11 is 0. The van der Waals surface area contributed by atoms with Gasteiger partial charge in [0, 0.05) is 13.0 Å². The van der Waals surface area contributed by atoms with Gasteiger partial charge in [0.05, 0.1) is 20.3 Å². The predicted octanol–water partition coefficient (Wildman–Crippen LogP) is 0.961. The number of carbonyl (C=O) groups is 3. The number of hydrogen-bond donors (Lipinski definition) is 0. The maximum Gasteiger partial charge on any atom is 0.410 e. The molecule has 0 rings (SSSR count). The van der Waals surface area contributed by atoms with E-state index >= 15 is 0 Å². The van der Waals surface area contributed by atoms with E-state index in [1.807, 2.05) is 0 Å². The van der Waals surface area contributed by atoms with Gasteiger partial charge >= 0.3 is 18.0 Å². The molecule has 0 aliphatic heterocycles. The smallest absolute Gasteiger partial charge is 0.410 e. The van der Waals surface area contributed by atoms with Gasteiger partial charge in [-0.2, -0.15) is 0 Å². The molecule has 0 spiro atoms. The Morgan fingerprint density at radius 3 is 2.11 bits per heavy atom. The van der Waals surface area contributed by atoms with Crippen LogP contribution in [0.2, 0.25) is 0 Å². The third-order valence-electron chi connectivity index (χ3n) is 2.17. The zero-order chi connectivity index (χ0) is 14.7. The first-order valence-corrected chi connectivity index (χ1v) is 6.19. The summed E-state index contributed by atoms with van der Waals surface area (Å²) in [6.45, 7) is 4.01. The Hall–Kier alpha value is -1.79. The Morgan fingerprint density at radius 2 is 1.58 bits per heavy atom. The van der Waals surface area contributed by atoms with E-state index in [0.717, 1.165) is 0 Å². The molecule has 0 radical (unpaired) electrons. The summed E-state index contributed by atoms with van der Waals surface area (Å²) in [5.41, 5.74) is 0. The van der Waals surface area contributed by atoms with Crippen molar-refractivity contribution in [2.24, 2.45) is 0 Å². The lowest BCUT2D eigenvalue weighted by Gasteiger charge is -2.19. The monoisotopic (exact) mass is 275 g/mol. The van der Waals surface area contributed by atoms with Crippen molar-refractivity contribution >= 4 is 18.0 Å². The maximum absolute atomic E-state index is 11.4. The number of rotatable bonds is 8. The largest absolute Gasteiger partial charge is 0.466 e. The Kier molecular flexibility index (Phi) is 9.20. The van der Waals surface area contributed by atoms with Gasteiger partial charge in [-0.25, -0.2) is 4.79 Å². The van der Waals surface area contributed by atoms with Crippen LogP contribution in [0.25, 0.3) is 0 Å². The molecule has 0 saturated heterocycles. The number of nitrogens with zero attached hydrogens (tertiary/aromatic N) is 1. The van der Waals surface area contributed by atoms with Crippen LogP contribution >= 0.6 is 0 Å². The number of hydrogen-bond acceptors (Lipinski definition) is 6. The molecule has 19 heavy (non-hydrogen) atoms. The van der Waals surface area contributed by atoms with Crippen LogP contribution in [0, 0.1) is 0 Å². The number of ether oxygens (including phenoxy) is 3. The molecule has 1 amide bonds. The first-order valence-electron chi connectivity index (χ1n) is 6.19. The van der Waals surface area contributed by atoms with Crippen molar-refractivity contribution in [1.29, 1.82) is 0 Å². The van der Waals surface area contributed by atoms with Gasteiger partial charge in [0.15, 0.2) is 0 Å². The van der Waals surface area contributed by atoms with Crippen LogP contribution in [0.3, 0.4) is 0 Å². The first kappa shape index (κ1) is 17.2. The zero-order valence-electron chi connectivity index (χ0n) is 11.6. The number of carbonyl (C=O) groups excluding carboxylic acids is 3. The van der Waals surface area contributed by atoms with Gasteiger partial charge < -0.3 is 14.2 Å². The van der Waals surface area contributed by atoms with Gasteiger partial charge in [-0.3, -0.25) is 14.5 Å². The maximum atomic E-state index is 11.4. The molecule has 0 aliphatic carbocycles. The van der Waals surface area contributed by atoms with E-state index < -0.39 is 12.1 Å². The molecule has 7 nitrogen and oxygen atoms in total. The lowest BCUT2D eigenvalue weighted by atomic mass is 10.3. The van der Waals surface area contributed by atoms with Gasteiger partial charge in [0.2, 0.25) is 0 Å². The Balaban J connectivity index is 4.17. The molecule has 110 valence electrons. The summed E-state index contributed by atoms with van der Waals surface area (Å²) in [4.78, 5) is 35.1. The van der Waals surface area contributed by atoms with Crippen molar-refractivity contribution in [3.8, 4) is 0 Å². The van der Waals surface area contributed by atoms with E-state index in [1.165, 1.54) is 12.0 Å². The van der Waals surface area contributed by atoms with Crippen molar-refractivity contribution in [1.82, 2.24) is 4.90 Å². The van der Waals surface area contributed by atoms with E-state index in [1.54, 1.807) is 13.8 Å². The standard InChI is InChI=1S/C12H21NO6/c1-4-18-10(14)7-6-8-13(12(16)17-3)9-11(15)19-5-2/h4-9H2,1-3H3. The highest BCUT2D eigenvalue weighted by Crippen LogP contribution is 2.01. The molecular weight excluding hydrogens is 254 g/mol. The molecule has 0 aliphatic rings. The Labute approximate surface area is 112 Å².